The smallest absolute Gasteiger partial charge is 0.140 e. The molecule has 0 aromatic heterocycles. The quantitative estimate of drug-likeness (QED) is 0.395. The summed E-state index contributed by atoms with van der Waals surface area (Å²) in [4.78, 5) is 11.2. The number of nitrogens with two attached hydrogens (primary N) is 1. The first-order valence-corrected chi connectivity index (χ1v) is 6.30. The van der Waals surface area contributed by atoms with Crippen LogP contribution in [0.1, 0.15) is 19.3 Å². The molecule has 3 nitrogen and oxygen atoms in total. The van der Waals surface area contributed by atoms with Crippen molar-refractivity contribution >= 4 is 27.4 Å². The van der Waals surface area contributed by atoms with Gasteiger partial charge in [0.2, 0.25) is 0 Å². The molecule has 0 spiro atoms. The molecule has 0 aliphatic carbocycles. The van der Waals surface area contributed by atoms with E-state index in [0.29, 0.717) is 13.0 Å². The number of carbonyl (C=O) groups is 1. The predicted molar refractivity (Wildman–Crippen MR) is 55.0 cm³/mol. The van der Waals surface area contributed by atoms with Crippen LogP contribution in [0.2, 0.25) is 0 Å². The zero-order chi connectivity index (χ0) is 8.97. The van der Waals surface area contributed by atoms with Gasteiger partial charge < -0.3 is 11.5 Å². The van der Waals surface area contributed by atoms with Gasteiger partial charge in [0.25, 0.3) is 0 Å². The zero-order valence-corrected chi connectivity index (χ0v) is 13.7. The maximum absolute atomic E-state index is 11.2. The molecule has 3 N–H and O–H groups in total. The standard InChI is InChI=1S/C7H13N2OS2.Ac/c8-4-2-1-3-5(9)6(10)7-11-12-7;/h5,7,9H,1-4,8H2;/q-1;/t5-;/m0./s1. The molecule has 1 radical (unpaired) electrons. The molecule has 0 aromatic carbocycles. The van der Waals surface area contributed by atoms with Gasteiger partial charge in [-0.1, -0.05) is 40.5 Å². The van der Waals surface area contributed by atoms with Crippen LogP contribution in [0.4, 0.5) is 0 Å². The van der Waals surface area contributed by atoms with E-state index in [1.165, 1.54) is 0 Å². The molecule has 73 valence electrons. The number of Topliss-reactive ketones (excluding diaryl/α,β-unsaturated/α-hetero) is 1. The van der Waals surface area contributed by atoms with Gasteiger partial charge in [0, 0.05) is 44.1 Å². The van der Waals surface area contributed by atoms with Crippen molar-refractivity contribution in [3.63, 3.8) is 0 Å². The van der Waals surface area contributed by atoms with E-state index in [2.05, 4.69) is 0 Å². The largest absolute Gasteiger partial charge is 0.668 e. The minimum atomic E-state index is -0.510. The molecular formula is C7H13AcN2OS2-. The fourth-order valence-electron chi connectivity index (χ4n) is 0.922. The van der Waals surface area contributed by atoms with E-state index >= 15 is 0 Å². The number of unbranched alkanes of at least 4 members (excludes halogenated alkanes) is 1. The Morgan fingerprint density at radius 1 is 1.46 bits per heavy atom. The fourth-order valence-corrected chi connectivity index (χ4v) is 2.23. The second kappa shape index (κ2) is 7.95. The number of ketones is 1. The molecule has 6 heteroatoms. The first-order valence-electron chi connectivity index (χ1n) is 4.02. The van der Waals surface area contributed by atoms with Gasteiger partial charge in [0.1, 0.15) is 10.4 Å². The summed E-state index contributed by atoms with van der Waals surface area (Å²) in [5.41, 5.74) is 12.8. The molecule has 1 saturated heterocycles. The number of hydrogen-bond donors (Lipinski definition) is 1. The van der Waals surface area contributed by atoms with Crippen LogP contribution >= 0.6 is 21.6 Å². The minimum Gasteiger partial charge on any atom is -0.668 e. The number of carbonyl (C=O) groups excluding carboxylic acids is 1. The molecule has 1 atom stereocenters. The van der Waals surface area contributed by atoms with Crippen molar-refractivity contribution in [3.05, 3.63) is 5.73 Å². The Kier molecular flexibility index (Phi) is 9.01. The molecule has 0 aromatic rings. The summed E-state index contributed by atoms with van der Waals surface area (Å²) >= 11 is 0. The molecule has 0 unspecified atom stereocenters. The van der Waals surface area contributed by atoms with E-state index in [1.807, 2.05) is 0 Å². The van der Waals surface area contributed by atoms with Crippen molar-refractivity contribution in [1.29, 1.82) is 0 Å². The van der Waals surface area contributed by atoms with Crippen molar-refractivity contribution in [2.45, 2.75) is 29.9 Å². The van der Waals surface area contributed by atoms with Crippen molar-refractivity contribution in [2.24, 2.45) is 5.73 Å². The molecular weight excluding hydrogens is 419 g/mol. The summed E-state index contributed by atoms with van der Waals surface area (Å²) in [6, 6.07) is -0.510. The third-order valence-corrected chi connectivity index (χ3v) is 3.72. The summed E-state index contributed by atoms with van der Waals surface area (Å²) in [6.07, 6.45) is 2.50. The maximum Gasteiger partial charge on any atom is 0.140 e. The second-order valence-electron chi connectivity index (χ2n) is 2.76. The third-order valence-electron chi connectivity index (χ3n) is 1.72. The zero-order valence-electron chi connectivity index (χ0n) is 7.36. The van der Waals surface area contributed by atoms with Crippen LogP contribution in [0.15, 0.2) is 0 Å². The summed E-state index contributed by atoms with van der Waals surface area (Å²) in [7, 11) is 3.13. The molecule has 0 amide bonds. The van der Waals surface area contributed by atoms with E-state index in [9.17, 15) is 4.79 Å². The minimum absolute atomic E-state index is 0. The van der Waals surface area contributed by atoms with Crippen molar-refractivity contribution in [2.75, 3.05) is 6.54 Å². The van der Waals surface area contributed by atoms with Gasteiger partial charge in [-0.25, -0.2) is 0 Å². The van der Waals surface area contributed by atoms with E-state index in [0.717, 1.165) is 12.8 Å². The van der Waals surface area contributed by atoms with Gasteiger partial charge in [0.05, 0.1) is 0 Å². The van der Waals surface area contributed by atoms with Crippen LogP contribution in [0.25, 0.3) is 5.73 Å². The summed E-state index contributed by atoms with van der Waals surface area (Å²) < 4.78 is 0.0744. The van der Waals surface area contributed by atoms with Gasteiger partial charge in [-0.15, -0.1) is 0 Å². The SMILES string of the molecule is [Ac].[NH-][C@@H](CCCCN)C(=O)C1SS1. The predicted octanol–water partition coefficient (Wildman–Crippen LogP) is 1.83. The van der Waals surface area contributed by atoms with Crippen molar-refractivity contribution in [1.82, 2.24) is 0 Å². The Bertz CT molecular complexity index is 167. The fraction of sp³-hybridized carbons (Fsp3) is 0.857. The monoisotopic (exact) mass is 432 g/mol. The Morgan fingerprint density at radius 3 is 2.54 bits per heavy atom. The third kappa shape index (κ3) is 6.01. The first-order chi connectivity index (χ1) is 5.75. The second-order valence-corrected chi connectivity index (χ2v) is 5.54. The Balaban J connectivity index is 0.00000144. The van der Waals surface area contributed by atoms with Crippen LogP contribution in [-0.4, -0.2) is 23.0 Å². The van der Waals surface area contributed by atoms with Crippen LogP contribution in [-0.2, 0) is 4.79 Å². The Hall–Kier alpha value is 1.73. The molecule has 1 rings (SSSR count). The van der Waals surface area contributed by atoms with Crippen LogP contribution < -0.4 is 5.73 Å². The molecule has 1 aliphatic rings. The van der Waals surface area contributed by atoms with E-state index < -0.39 is 6.04 Å². The van der Waals surface area contributed by atoms with Crippen LogP contribution in [0.5, 0.6) is 0 Å². The molecule has 0 bridgehead atoms. The van der Waals surface area contributed by atoms with Gasteiger partial charge in [-0.05, 0) is 13.0 Å². The summed E-state index contributed by atoms with van der Waals surface area (Å²) in [5, 5.41) is 0. The van der Waals surface area contributed by atoms with E-state index in [1.54, 1.807) is 21.6 Å². The normalized spacial score (nSPS) is 17.7. The summed E-state index contributed by atoms with van der Waals surface area (Å²) in [6.45, 7) is 0.661. The molecule has 1 heterocycles. The van der Waals surface area contributed by atoms with Gasteiger partial charge >= 0.3 is 0 Å². The Labute approximate surface area is 122 Å². The molecule has 13 heavy (non-hydrogen) atoms. The van der Waals surface area contributed by atoms with Gasteiger partial charge in [-0.2, -0.15) is 0 Å². The molecule has 1 fully saturated rings. The molecule has 1 aliphatic heterocycles. The topological polar surface area (TPSA) is 66.9 Å². The van der Waals surface area contributed by atoms with E-state index in [-0.39, 0.29) is 54.4 Å². The maximum atomic E-state index is 11.2. The average molecular weight is 432 g/mol. The number of hydrogen-bond acceptors (Lipinski definition) is 4. The summed E-state index contributed by atoms with van der Waals surface area (Å²) in [5.74, 6) is 0.0852. The Morgan fingerprint density at radius 2 is 2.08 bits per heavy atom. The van der Waals surface area contributed by atoms with Crippen molar-refractivity contribution in [3.8, 4) is 0 Å². The van der Waals surface area contributed by atoms with E-state index in [4.69, 9.17) is 11.5 Å². The number of rotatable bonds is 6. The van der Waals surface area contributed by atoms with Crippen LogP contribution in [0, 0.1) is 44.1 Å². The first kappa shape index (κ1) is 14.7. The van der Waals surface area contributed by atoms with Crippen molar-refractivity contribution < 1.29 is 48.9 Å². The average Bonchev–Trinajstić information content (AvgIpc) is 2.86. The van der Waals surface area contributed by atoms with Gasteiger partial charge in [0.15, 0.2) is 0 Å². The van der Waals surface area contributed by atoms with Crippen LogP contribution in [0.3, 0.4) is 0 Å². The number of nitrogens with one attached hydrogen (secondary N) is 1. The molecule has 0 saturated carbocycles. The van der Waals surface area contributed by atoms with Gasteiger partial charge in [-0.3, -0.25) is 4.79 Å².